The molecule has 0 unspecified atom stereocenters. The van der Waals surface area contributed by atoms with Crippen molar-refractivity contribution in [1.82, 2.24) is 15.1 Å². The number of benzene rings is 1. The van der Waals surface area contributed by atoms with E-state index in [0.29, 0.717) is 15.6 Å². The van der Waals surface area contributed by atoms with Crippen LogP contribution in [0.5, 0.6) is 0 Å². The van der Waals surface area contributed by atoms with E-state index in [2.05, 4.69) is 17.3 Å². The van der Waals surface area contributed by atoms with E-state index in [0.717, 1.165) is 10.8 Å². The van der Waals surface area contributed by atoms with Gasteiger partial charge in [-0.2, -0.15) is 0 Å². The normalized spacial score (nSPS) is 21.3. The summed E-state index contributed by atoms with van der Waals surface area (Å²) >= 11 is 8.13. The Bertz CT molecular complexity index is 818. The average molecular weight is 412 g/mol. The Morgan fingerprint density at radius 1 is 1.38 bits per heavy atom. The van der Waals surface area contributed by atoms with E-state index in [4.69, 9.17) is 12.2 Å². The average Bonchev–Trinajstić information content (AvgIpc) is 2.97. The number of carbonyl (C=O) groups excluding carboxylic acids is 1. The molecule has 1 amide bonds. The van der Waals surface area contributed by atoms with Gasteiger partial charge in [-0.1, -0.05) is 42.9 Å². The van der Waals surface area contributed by atoms with Gasteiger partial charge in [0.2, 0.25) is 5.91 Å². The summed E-state index contributed by atoms with van der Waals surface area (Å²) in [6.07, 6.45) is 4.67. The zero-order chi connectivity index (χ0) is 18.7. The van der Waals surface area contributed by atoms with E-state index in [1.54, 1.807) is 16.8 Å². The first-order chi connectivity index (χ1) is 12.4. The van der Waals surface area contributed by atoms with Crippen LogP contribution >= 0.6 is 35.3 Å². The lowest BCUT2D eigenvalue weighted by molar-refractivity contribution is -0.121. The zero-order valence-corrected chi connectivity index (χ0v) is 17.2. The van der Waals surface area contributed by atoms with Gasteiger partial charge in [-0.05, 0) is 62.2 Å². The quantitative estimate of drug-likeness (QED) is 0.557. The number of nitrogens with zero attached hydrogens (tertiary/aromatic N) is 2. The summed E-state index contributed by atoms with van der Waals surface area (Å²) < 4.78 is 16.0. The SMILES string of the molecule is C[C@@H](Sc1nn(-c2ccc(F)cc2)c(=S)s1)C(=O)N[C@H]1CCCC[C@@H]1C. The van der Waals surface area contributed by atoms with Crippen molar-refractivity contribution < 1.29 is 9.18 Å². The molecule has 0 radical (unpaired) electrons. The molecule has 3 atom stereocenters. The fraction of sp³-hybridized carbons (Fsp3) is 0.500. The van der Waals surface area contributed by atoms with Crippen molar-refractivity contribution in [2.24, 2.45) is 5.92 Å². The molecule has 0 saturated heterocycles. The van der Waals surface area contributed by atoms with Crippen molar-refractivity contribution in [3.05, 3.63) is 34.0 Å². The van der Waals surface area contributed by atoms with Gasteiger partial charge in [0.15, 0.2) is 8.29 Å². The molecule has 0 aliphatic heterocycles. The summed E-state index contributed by atoms with van der Waals surface area (Å²) in [7, 11) is 0. The van der Waals surface area contributed by atoms with Gasteiger partial charge in [0.25, 0.3) is 0 Å². The smallest absolute Gasteiger partial charge is 0.233 e. The lowest BCUT2D eigenvalue weighted by Crippen LogP contribution is -2.44. The van der Waals surface area contributed by atoms with Crippen LogP contribution in [0.1, 0.15) is 39.5 Å². The van der Waals surface area contributed by atoms with Gasteiger partial charge in [0.05, 0.1) is 10.9 Å². The van der Waals surface area contributed by atoms with E-state index >= 15 is 0 Å². The summed E-state index contributed by atoms with van der Waals surface area (Å²) in [5.74, 6) is 0.278. The van der Waals surface area contributed by atoms with Gasteiger partial charge >= 0.3 is 0 Å². The first kappa shape index (κ1) is 19.5. The summed E-state index contributed by atoms with van der Waals surface area (Å²) in [4.78, 5) is 12.5. The van der Waals surface area contributed by atoms with Crippen LogP contribution in [0.3, 0.4) is 0 Å². The number of thioether (sulfide) groups is 1. The van der Waals surface area contributed by atoms with Crippen molar-refractivity contribution >= 4 is 41.2 Å². The molecule has 1 saturated carbocycles. The molecule has 3 rings (SSSR count). The molecule has 26 heavy (non-hydrogen) atoms. The first-order valence-electron chi connectivity index (χ1n) is 8.77. The topological polar surface area (TPSA) is 46.9 Å². The number of nitrogens with one attached hydrogen (secondary N) is 1. The van der Waals surface area contributed by atoms with Gasteiger partial charge in [-0.15, -0.1) is 5.10 Å². The minimum atomic E-state index is -0.299. The minimum Gasteiger partial charge on any atom is -0.352 e. The van der Waals surface area contributed by atoms with E-state index in [-0.39, 0.29) is 23.0 Å². The summed E-state index contributed by atoms with van der Waals surface area (Å²) in [6, 6.07) is 6.31. The van der Waals surface area contributed by atoms with Gasteiger partial charge in [-0.25, -0.2) is 9.07 Å². The molecule has 0 bridgehead atoms. The Morgan fingerprint density at radius 2 is 2.08 bits per heavy atom. The van der Waals surface area contributed by atoms with Crippen LogP contribution in [-0.2, 0) is 4.79 Å². The molecule has 1 aromatic carbocycles. The number of amides is 1. The summed E-state index contributed by atoms with van der Waals surface area (Å²) in [5, 5.41) is 7.43. The molecule has 1 aliphatic carbocycles. The van der Waals surface area contributed by atoms with Crippen LogP contribution in [-0.4, -0.2) is 27.0 Å². The van der Waals surface area contributed by atoms with Gasteiger partial charge < -0.3 is 5.32 Å². The van der Waals surface area contributed by atoms with E-state index in [1.807, 2.05) is 6.92 Å². The minimum absolute atomic E-state index is 0.0446. The Hall–Kier alpha value is -1.25. The van der Waals surface area contributed by atoms with Crippen LogP contribution in [0.25, 0.3) is 5.69 Å². The molecule has 1 heterocycles. The third kappa shape index (κ3) is 4.72. The molecule has 1 fully saturated rings. The van der Waals surface area contributed by atoms with Crippen LogP contribution < -0.4 is 5.32 Å². The number of aromatic nitrogens is 2. The second-order valence-electron chi connectivity index (χ2n) is 6.66. The molecule has 4 nitrogen and oxygen atoms in total. The Balaban J connectivity index is 1.65. The maximum Gasteiger partial charge on any atom is 0.233 e. The molecule has 140 valence electrons. The van der Waals surface area contributed by atoms with Crippen molar-refractivity contribution in [1.29, 1.82) is 0 Å². The van der Waals surface area contributed by atoms with Crippen molar-refractivity contribution in [3.63, 3.8) is 0 Å². The third-order valence-corrected chi connectivity index (χ3v) is 7.10. The molecule has 1 aromatic heterocycles. The second kappa shape index (κ2) is 8.63. The van der Waals surface area contributed by atoms with Gasteiger partial charge in [0.1, 0.15) is 5.82 Å². The third-order valence-electron chi connectivity index (χ3n) is 4.69. The lowest BCUT2D eigenvalue weighted by atomic mass is 9.86. The molecule has 1 aliphatic rings. The van der Waals surface area contributed by atoms with Crippen LogP contribution in [0.4, 0.5) is 4.39 Å². The first-order valence-corrected chi connectivity index (χ1v) is 10.9. The Labute approximate surface area is 166 Å². The zero-order valence-electron chi connectivity index (χ0n) is 14.8. The number of hydrogen-bond acceptors (Lipinski definition) is 5. The molecule has 1 N–H and O–H groups in total. The monoisotopic (exact) mass is 411 g/mol. The predicted molar refractivity (Wildman–Crippen MR) is 107 cm³/mol. The highest BCUT2D eigenvalue weighted by atomic mass is 32.2. The maximum atomic E-state index is 13.1. The van der Waals surface area contributed by atoms with Crippen LogP contribution in [0.2, 0.25) is 0 Å². The highest BCUT2D eigenvalue weighted by Gasteiger charge is 2.25. The summed E-state index contributed by atoms with van der Waals surface area (Å²) in [6.45, 7) is 4.10. The largest absolute Gasteiger partial charge is 0.352 e. The van der Waals surface area contributed by atoms with Gasteiger partial charge in [-0.3, -0.25) is 4.79 Å². The number of halogens is 1. The van der Waals surface area contributed by atoms with E-state index in [1.165, 1.54) is 54.5 Å². The van der Waals surface area contributed by atoms with E-state index in [9.17, 15) is 9.18 Å². The molecular weight excluding hydrogens is 389 g/mol. The highest BCUT2D eigenvalue weighted by molar-refractivity contribution is 8.02. The van der Waals surface area contributed by atoms with Gasteiger partial charge in [0, 0.05) is 6.04 Å². The van der Waals surface area contributed by atoms with E-state index < -0.39 is 0 Å². The summed E-state index contributed by atoms with van der Waals surface area (Å²) in [5.41, 5.74) is 0.715. The molecule has 0 spiro atoms. The number of hydrogen-bond donors (Lipinski definition) is 1. The van der Waals surface area contributed by atoms with Crippen LogP contribution in [0.15, 0.2) is 28.6 Å². The lowest BCUT2D eigenvalue weighted by Gasteiger charge is -2.30. The predicted octanol–water partition coefficient (Wildman–Crippen LogP) is 4.98. The molecule has 2 aromatic rings. The second-order valence-corrected chi connectivity index (χ2v) is 9.87. The fourth-order valence-corrected chi connectivity index (χ4v) is 5.60. The standard InChI is InChI=1S/C18H22FN3OS3/c1-11-5-3-4-6-15(11)20-16(23)12(2)25-17-21-22(18(24)26-17)14-9-7-13(19)8-10-14/h7-12,15H,3-6H2,1-2H3,(H,20,23)/t11-,12+,15-/m0/s1. The maximum absolute atomic E-state index is 13.1. The highest BCUT2D eigenvalue weighted by Crippen LogP contribution is 2.29. The molecular formula is C18H22FN3OS3. The van der Waals surface area contributed by atoms with Crippen molar-refractivity contribution in [3.8, 4) is 5.69 Å². The molecule has 8 heteroatoms. The van der Waals surface area contributed by atoms with Crippen LogP contribution in [0, 0.1) is 15.7 Å². The number of carbonyl (C=O) groups is 1. The number of rotatable bonds is 5. The Kier molecular flexibility index (Phi) is 6.47. The Morgan fingerprint density at radius 3 is 2.77 bits per heavy atom. The van der Waals surface area contributed by atoms with Crippen molar-refractivity contribution in [2.45, 2.75) is 55.2 Å². The fourth-order valence-electron chi connectivity index (χ4n) is 3.09. The van der Waals surface area contributed by atoms with Crippen molar-refractivity contribution in [2.75, 3.05) is 0 Å².